The largest absolute Gasteiger partial charge is 0.354 e. The summed E-state index contributed by atoms with van der Waals surface area (Å²) in [5.41, 5.74) is 5.59. The average Bonchev–Trinajstić information content (AvgIpc) is 2.86. The standard InChI is InChI=1S/C15H29N3O/c1-2-9-18-10-5-13(6-11-18)12-17-14(19)15(16)7-3-4-8-15/h13H,2-12,16H2,1H3,(H,17,19). The van der Waals surface area contributed by atoms with Gasteiger partial charge >= 0.3 is 0 Å². The molecule has 3 N–H and O–H groups in total. The van der Waals surface area contributed by atoms with Crippen molar-refractivity contribution in [3.8, 4) is 0 Å². The second-order valence-electron chi connectivity index (χ2n) is 6.36. The highest BCUT2D eigenvalue weighted by molar-refractivity contribution is 5.86. The molecule has 4 nitrogen and oxygen atoms in total. The smallest absolute Gasteiger partial charge is 0.240 e. The maximum Gasteiger partial charge on any atom is 0.240 e. The first kappa shape index (κ1) is 14.8. The summed E-state index contributed by atoms with van der Waals surface area (Å²) in [6, 6.07) is 0. The fourth-order valence-corrected chi connectivity index (χ4v) is 3.38. The van der Waals surface area contributed by atoms with Gasteiger partial charge in [0, 0.05) is 6.54 Å². The number of amides is 1. The van der Waals surface area contributed by atoms with E-state index >= 15 is 0 Å². The number of nitrogens with two attached hydrogens (primary N) is 1. The van der Waals surface area contributed by atoms with Gasteiger partial charge in [0.25, 0.3) is 0 Å². The third-order valence-corrected chi connectivity index (χ3v) is 4.75. The summed E-state index contributed by atoms with van der Waals surface area (Å²) in [5.74, 6) is 0.725. The monoisotopic (exact) mass is 267 g/mol. The summed E-state index contributed by atoms with van der Waals surface area (Å²) in [6.45, 7) is 6.63. The van der Waals surface area contributed by atoms with Crippen LogP contribution in [0.3, 0.4) is 0 Å². The molecule has 110 valence electrons. The van der Waals surface area contributed by atoms with E-state index in [2.05, 4.69) is 17.1 Å². The molecule has 0 atom stereocenters. The number of nitrogens with one attached hydrogen (secondary N) is 1. The molecule has 0 radical (unpaired) electrons. The van der Waals surface area contributed by atoms with Gasteiger partial charge in [-0.1, -0.05) is 19.8 Å². The van der Waals surface area contributed by atoms with Crippen LogP contribution in [-0.2, 0) is 4.79 Å². The Morgan fingerprint density at radius 3 is 2.53 bits per heavy atom. The van der Waals surface area contributed by atoms with E-state index in [9.17, 15) is 4.79 Å². The fraction of sp³-hybridized carbons (Fsp3) is 0.933. The van der Waals surface area contributed by atoms with Crippen molar-refractivity contribution >= 4 is 5.91 Å². The normalized spacial score (nSPS) is 24.5. The SMILES string of the molecule is CCCN1CCC(CNC(=O)C2(N)CCCC2)CC1. The Morgan fingerprint density at radius 2 is 1.95 bits per heavy atom. The lowest BCUT2D eigenvalue weighted by Gasteiger charge is -2.32. The van der Waals surface area contributed by atoms with Gasteiger partial charge in [-0.15, -0.1) is 0 Å². The first-order valence-electron chi connectivity index (χ1n) is 7.93. The molecular weight excluding hydrogens is 238 g/mol. The molecule has 1 heterocycles. The highest BCUT2D eigenvalue weighted by Gasteiger charge is 2.37. The van der Waals surface area contributed by atoms with E-state index in [-0.39, 0.29) is 5.91 Å². The molecule has 1 aliphatic carbocycles. The first-order valence-corrected chi connectivity index (χ1v) is 7.93. The van der Waals surface area contributed by atoms with Crippen molar-refractivity contribution in [1.82, 2.24) is 10.2 Å². The van der Waals surface area contributed by atoms with Crippen molar-refractivity contribution in [2.45, 2.75) is 57.4 Å². The summed E-state index contributed by atoms with van der Waals surface area (Å²) >= 11 is 0. The minimum absolute atomic E-state index is 0.0842. The van der Waals surface area contributed by atoms with Crippen LogP contribution in [0.4, 0.5) is 0 Å². The molecule has 0 aromatic rings. The molecule has 1 aliphatic heterocycles. The average molecular weight is 267 g/mol. The third-order valence-electron chi connectivity index (χ3n) is 4.75. The first-order chi connectivity index (χ1) is 9.14. The maximum absolute atomic E-state index is 12.1. The molecule has 2 fully saturated rings. The quantitative estimate of drug-likeness (QED) is 0.793. The summed E-state index contributed by atoms with van der Waals surface area (Å²) in [6.07, 6.45) is 7.55. The molecule has 1 amide bonds. The molecule has 4 heteroatoms. The van der Waals surface area contributed by atoms with Gasteiger partial charge in [-0.2, -0.15) is 0 Å². The van der Waals surface area contributed by atoms with Crippen LogP contribution in [0.2, 0.25) is 0 Å². The Bertz CT molecular complexity index is 292. The van der Waals surface area contributed by atoms with Gasteiger partial charge in [0.15, 0.2) is 0 Å². The van der Waals surface area contributed by atoms with Gasteiger partial charge in [0.1, 0.15) is 0 Å². The molecule has 0 aromatic heterocycles. The topological polar surface area (TPSA) is 58.4 Å². The van der Waals surface area contributed by atoms with Crippen molar-refractivity contribution in [3.63, 3.8) is 0 Å². The highest BCUT2D eigenvalue weighted by Crippen LogP contribution is 2.27. The van der Waals surface area contributed by atoms with Crippen LogP contribution >= 0.6 is 0 Å². The number of carbonyl (C=O) groups excluding carboxylic acids is 1. The number of hydrogen-bond acceptors (Lipinski definition) is 3. The van der Waals surface area contributed by atoms with E-state index in [0.717, 1.165) is 32.2 Å². The summed E-state index contributed by atoms with van der Waals surface area (Å²) in [5, 5.41) is 3.10. The Morgan fingerprint density at radius 1 is 1.32 bits per heavy atom. The van der Waals surface area contributed by atoms with Crippen LogP contribution in [-0.4, -0.2) is 42.5 Å². The van der Waals surface area contributed by atoms with Gasteiger partial charge in [-0.05, 0) is 57.7 Å². The predicted molar refractivity (Wildman–Crippen MR) is 77.9 cm³/mol. The number of nitrogens with zero attached hydrogens (tertiary/aromatic N) is 1. The van der Waals surface area contributed by atoms with Gasteiger partial charge in [-0.3, -0.25) is 4.79 Å². The van der Waals surface area contributed by atoms with Crippen molar-refractivity contribution in [2.75, 3.05) is 26.2 Å². The number of likely N-dealkylation sites (tertiary alicyclic amines) is 1. The van der Waals surface area contributed by atoms with Crippen molar-refractivity contribution < 1.29 is 4.79 Å². The summed E-state index contributed by atoms with van der Waals surface area (Å²) in [7, 11) is 0. The second kappa shape index (κ2) is 6.71. The number of piperidine rings is 1. The van der Waals surface area contributed by atoms with Crippen LogP contribution in [0.1, 0.15) is 51.9 Å². The van der Waals surface area contributed by atoms with Crippen molar-refractivity contribution in [2.24, 2.45) is 11.7 Å². The highest BCUT2D eigenvalue weighted by atomic mass is 16.2. The lowest BCUT2D eigenvalue weighted by Crippen LogP contribution is -2.53. The zero-order valence-electron chi connectivity index (χ0n) is 12.3. The molecule has 1 saturated carbocycles. The Kier molecular flexibility index (Phi) is 5.22. The minimum atomic E-state index is -0.567. The third kappa shape index (κ3) is 3.93. The lowest BCUT2D eigenvalue weighted by molar-refractivity contribution is -0.126. The number of hydrogen-bond donors (Lipinski definition) is 2. The maximum atomic E-state index is 12.1. The van der Waals surface area contributed by atoms with E-state index in [4.69, 9.17) is 5.73 Å². The van der Waals surface area contributed by atoms with Gasteiger partial charge in [0.2, 0.25) is 5.91 Å². The summed E-state index contributed by atoms with van der Waals surface area (Å²) in [4.78, 5) is 14.7. The van der Waals surface area contributed by atoms with Gasteiger partial charge < -0.3 is 16.0 Å². The number of carbonyl (C=O) groups is 1. The molecule has 0 bridgehead atoms. The molecule has 2 rings (SSSR count). The van der Waals surface area contributed by atoms with Crippen molar-refractivity contribution in [1.29, 1.82) is 0 Å². The van der Waals surface area contributed by atoms with Gasteiger partial charge in [0.05, 0.1) is 5.54 Å². The molecule has 0 spiro atoms. The molecular formula is C15H29N3O. The summed E-state index contributed by atoms with van der Waals surface area (Å²) < 4.78 is 0. The molecule has 0 unspecified atom stereocenters. The van der Waals surface area contributed by atoms with Crippen LogP contribution in [0.25, 0.3) is 0 Å². The van der Waals surface area contributed by atoms with E-state index in [1.54, 1.807) is 0 Å². The van der Waals surface area contributed by atoms with Crippen LogP contribution in [0, 0.1) is 5.92 Å². The Balaban J connectivity index is 1.67. The van der Waals surface area contributed by atoms with Crippen LogP contribution < -0.4 is 11.1 Å². The molecule has 2 aliphatic rings. The van der Waals surface area contributed by atoms with Crippen molar-refractivity contribution in [3.05, 3.63) is 0 Å². The minimum Gasteiger partial charge on any atom is -0.354 e. The molecule has 1 saturated heterocycles. The second-order valence-corrected chi connectivity index (χ2v) is 6.36. The Labute approximate surface area is 117 Å². The van der Waals surface area contributed by atoms with Crippen LogP contribution in [0.5, 0.6) is 0 Å². The number of rotatable bonds is 5. The Hall–Kier alpha value is -0.610. The zero-order valence-corrected chi connectivity index (χ0v) is 12.3. The van der Waals surface area contributed by atoms with Crippen LogP contribution in [0.15, 0.2) is 0 Å². The van der Waals surface area contributed by atoms with E-state index in [1.807, 2.05) is 0 Å². The molecule has 0 aromatic carbocycles. The predicted octanol–water partition coefficient (Wildman–Crippen LogP) is 1.50. The van der Waals surface area contributed by atoms with E-state index in [0.29, 0.717) is 5.92 Å². The zero-order chi connectivity index (χ0) is 13.7. The van der Waals surface area contributed by atoms with E-state index < -0.39 is 5.54 Å². The fourth-order valence-electron chi connectivity index (χ4n) is 3.38. The van der Waals surface area contributed by atoms with E-state index in [1.165, 1.54) is 38.9 Å². The lowest BCUT2D eigenvalue weighted by atomic mass is 9.94. The van der Waals surface area contributed by atoms with Gasteiger partial charge in [-0.25, -0.2) is 0 Å². The molecule has 19 heavy (non-hydrogen) atoms.